The predicted octanol–water partition coefficient (Wildman–Crippen LogP) is 29.9. The maximum Gasteiger partial charge on any atom is 0.0667 e. The van der Waals surface area contributed by atoms with E-state index in [9.17, 15) is 25.5 Å². The quantitative estimate of drug-likeness (QED) is 0.0333. The van der Waals surface area contributed by atoms with Crippen LogP contribution >= 0.6 is 0 Å². The second kappa shape index (κ2) is 91.2. The van der Waals surface area contributed by atoms with Crippen molar-refractivity contribution in [2.24, 2.45) is 5.92 Å². The monoisotopic (exact) mass is 1510 g/mol. The van der Waals surface area contributed by atoms with Crippen molar-refractivity contribution in [3.63, 3.8) is 0 Å². The van der Waals surface area contributed by atoms with Crippen LogP contribution in [-0.4, -0.2) is 118 Å². The molecule has 0 radical (unpaired) electrons. The molecule has 0 aromatic heterocycles. The number of aliphatic hydroxyl groups excluding tert-OH is 5. The van der Waals surface area contributed by atoms with Crippen LogP contribution in [-0.2, 0) is 0 Å². The fraction of sp³-hybridized carbons (Fsp3) is 1.00. The molecule has 0 spiro atoms. The molecular weight excluding hydrogens is 1310 g/mol. The van der Waals surface area contributed by atoms with E-state index in [4.69, 9.17) is 0 Å². The molecular formula is C99H203N3O5. The number of nitrogens with one attached hydrogen (secondary N) is 1. The highest BCUT2D eigenvalue weighted by Crippen LogP contribution is 2.26. The third kappa shape index (κ3) is 86.4. The maximum absolute atomic E-state index is 11.9. The minimum Gasteiger partial charge on any atom is -0.393 e. The van der Waals surface area contributed by atoms with Crippen molar-refractivity contribution in [2.75, 3.05) is 52.4 Å². The van der Waals surface area contributed by atoms with Crippen molar-refractivity contribution in [3.8, 4) is 0 Å². The summed E-state index contributed by atoms with van der Waals surface area (Å²) in [5, 5.41) is 61.8. The lowest BCUT2D eigenvalue weighted by Crippen LogP contribution is -2.39. The number of hydrogen-bond acceptors (Lipinski definition) is 8. The second-order valence-corrected chi connectivity index (χ2v) is 35.8. The topological polar surface area (TPSA) is 120 Å². The van der Waals surface area contributed by atoms with E-state index in [2.05, 4.69) is 49.7 Å². The summed E-state index contributed by atoms with van der Waals surface area (Å²) in [7, 11) is 0. The summed E-state index contributed by atoms with van der Waals surface area (Å²) >= 11 is 0. The average Bonchev–Trinajstić information content (AvgIpc) is 0.973. The van der Waals surface area contributed by atoms with Gasteiger partial charge in [-0.15, -0.1) is 0 Å². The van der Waals surface area contributed by atoms with E-state index < -0.39 is 0 Å². The molecule has 0 aliphatic heterocycles. The van der Waals surface area contributed by atoms with Crippen molar-refractivity contribution < 1.29 is 25.5 Å². The Morgan fingerprint density at radius 2 is 0.393 bits per heavy atom. The van der Waals surface area contributed by atoms with E-state index in [-0.39, 0.29) is 30.5 Å². The molecule has 0 saturated carbocycles. The smallest absolute Gasteiger partial charge is 0.0667 e. The first-order valence-corrected chi connectivity index (χ1v) is 50.2. The molecule has 0 aliphatic carbocycles. The molecule has 0 heterocycles. The third-order valence-electron chi connectivity index (χ3n) is 24.6. The molecule has 0 fully saturated rings. The van der Waals surface area contributed by atoms with Gasteiger partial charge in [0.25, 0.3) is 0 Å². The number of hydrogen-bond donors (Lipinski definition) is 6. The summed E-state index contributed by atoms with van der Waals surface area (Å²) < 4.78 is 0. The Morgan fingerprint density at radius 3 is 0.645 bits per heavy atom. The van der Waals surface area contributed by atoms with E-state index in [1.54, 1.807) is 0 Å². The highest BCUT2D eigenvalue weighted by Gasteiger charge is 2.21. The molecule has 0 aromatic carbocycles. The van der Waals surface area contributed by atoms with Crippen molar-refractivity contribution in [3.05, 3.63) is 0 Å². The lowest BCUT2D eigenvalue weighted by atomic mass is 9.90. The summed E-state index contributed by atoms with van der Waals surface area (Å²) in [5.74, 6) is 0.369. The van der Waals surface area contributed by atoms with Gasteiger partial charge in [-0.2, -0.15) is 0 Å². The second-order valence-electron chi connectivity index (χ2n) is 35.8. The van der Waals surface area contributed by atoms with E-state index in [0.717, 1.165) is 122 Å². The van der Waals surface area contributed by atoms with Crippen LogP contribution in [0.25, 0.3) is 0 Å². The van der Waals surface area contributed by atoms with Crippen LogP contribution in [0.2, 0.25) is 0 Å². The Balaban J connectivity index is 6.00. The van der Waals surface area contributed by atoms with E-state index >= 15 is 0 Å². The average molecular weight is 1520 g/mol. The normalized spacial score (nSPS) is 13.8. The maximum atomic E-state index is 11.9. The molecule has 0 aromatic rings. The molecule has 0 bridgehead atoms. The van der Waals surface area contributed by atoms with E-state index in [0.29, 0.717) is 32.1 Å². The summed E-state index contributed by atoms with van der Waals surface area (Å²) in [5.41, 5.74) is 0. The van der Waals surface area contributed by atoms with Crippen molar-refractivity contribution >= 4 is 0 Å². The molecule has 107 heavy (non-hydrogen) atoms. The Hall–Kier alpha value is -0.320. The lowest BCUT2D eigenvalue weighted by Gasteiger charge is -2.30. The molecule has 0 aliphatic rings. The van der Waals surface area contributed by atoms with Crippen LogP contribution in [0.5, 0.6) is 0 Å². The Bertz CT molecular complexity index is 1550. The van der Waals surface area contributed by atoms with Crippen LogP contribution in [0, 0.1) is 5.92 Å². The highest BCUT2D eigenvalue weighted by atomic mass is 16.3. The summed E-state index contributed by atoms with van der Waals surface area (Å²) in [6, 6.07) is 0. The zero-order chi connectivity index (χ0) is 77.6. The van der Waals surface area contributed by atoms with Gasteiger partial charge in [-0.05, 0) is 96.3 Å². The fourth-order valence-electron chi connectivity index (χ4n) is 17.2. The van der Waals surface area contributed by atoms with Gasteiger partial charge in [-0.25, -0.2) is 0 Å². The number of aliphatic hydroxyl groups is 5. The molecule has 0 amide bonds. The molecule has 6 unspecified atom stereocenters. The largest absolute Gasteiger partial charge is 0.393 e. The van der Waals surface area contributed by atoms with Gasteiger partial charge in [0.1, 0.15) is 0 Å². The Labute approximate surface area is 674 Å². The van der Waals surface area contributed by atoms with Gasteiger partial charge < -0.3 is 35.7 Å². The van der Waals surface area contributed by atoms with Crippen molar-refractivity contribution in [1.29, 1.82) is 0 Å². The first kappa shape index (κ1) is 107. The third-order valence-corrected chi connectivity index (χ3v) is 24.6. The van der Waals surface area contributed by atoms with Crippen molar-refractivity contribution in [2.45, 2.75) is 579 Å². The molecule has 8 nitrogen and oxygen atoms in total. The minimum atomic E-state index is -0.375. The van der Waals surface area contributed by atoms with Gasteiger partial charge in [-0.1, -0.05) is 484 Å². The van der Waals surface area contributed by atoms with Crippen LogP contribution in [0.4, 0.5) is 0 Å². The van der Waals surface area contributed by atoms with Crippen LogP contribution in [0.15, 0.2) is 0 Å². The predicted molar refractivity (Wildman–Crippen MR) is 477 cm³/mol. The number of nitrogens with zero attached hydrogens (tertiary/aromatic N) is 2. The van der Waals surface area contributed by atoms with Gasteiger partial charge in [0, 0.05) is 26.2 Å². The fourth-order valence-corrected chi connectivity index (χ4v) is 17.2. The van der Waals surface area contributed by atoms with E-state index in [1.807, 2.05) is 0 Å². The SMILES string of the molecule is CCCCCCCCCCCCCCCCC(O)CNCCCN(CCC(CCCN(CC(O)CCCCCCCCCCCCCCCC)CC(O)CCCCCCCCCCCCCCCC)CC(O)CCCCCCCCCCCCCCCC)CC(O)CCCCCCCCCCCCCCCC. The van der Waals surface area contributed by atoms with Gasteiger partial charge in [0.05, 0.1) is 30.5 Å². The summed E-state index contributed by atoms with van der Waals surface area (Å²) in [4.78, 5) is 4.98. The number of rotatable bonds is 96. The summed E-state index contributed by atoms with van der Waals surface area (Å²) in [6.07, 6.45) is 102. The first-order valence-electron chi connectivity index (χ1n) is 50.2. The zero-order valence-corrected chi connectivity index (χ0v) is 74.3. The molecule has 644 valence electrons. The Morgan fingerprint density at radius 1 is 0.187 bits per heavy atom. The van der Waals surface area contributed by atoms with Crippen LogP contribution in [0.1, 0.15) is 548 Å². The zero-order valence-electron chi connectivity index (χ0n) is 74.3. The van der Waals surface area contributed by atoms with Gasteiger partial charge in [0.2, 0.25) is 0 Å². The first-order chi connectivity index (χ1) is 52.7. The molecule has 0 rings (SSSR count). The van der Waals surface area contributed by atoms with Crippen LogP contribution < -0.4 is 5.32 Å². The Kier molecular flexibility index (Phi) is 90.9. The minimum absolute atomic E-state index is 0.294. The van der Waals surface area contributed by atoms with Crippen LogP contribution in [0.3, 0.4) is 0 Å². The molecule has 8 heteroatoms. The highest BCUT2D eigenvalue weighted by molar-refractivity contribution is 4.76. The van der Waals surface area contributed by atoms with Gasteiger partial charge >= 0.3 is 0 Å². The molecule has 6 N–H and O–H groups in total. The molecule has 0 saturated heterocycles. The standard InChI is InChI=1S/C99H203N3O5/c1-6-11-16-21-26-31-36-41-46-51-56-61-66-71-79-95(103)89-94(78-76-86-102(92-98(106)82-74-69-64-59-54-49-44-39-34-29-24-19-14-9-4)93-99(107)83-75-70-65-60-55-50-45-40-35-30-25-20-15-10-5)84-88-101(91-97(105)81-73-68-63-58-53-48-43-38-33-28-23-18-13-8-3)87-77-85-100-90-96(104)80-72-67-62-57-52-47-42-37-32-27-22-17-12-7-2/h94-100,103-107H,6-93H2,1-5H3. The van der Waals surface area contributed by atoms with Gasteiger partial charge in [0.15, 0.2) is 0 Å². The lowest BCUT2D eigenvalue weighted by molar-refractivity contribution is 0.0576. The summed E-state index contributed by atoms with van der Waals surface area (Å²) in [6.45, 7) is 17.7. The van der Waals surface area contributed by atoms with Crippen molar-refractivity contribution in [1.82, 2.24) is 15.1 Å². The molecule has 6 atom stereocenters. The van der Waals surface area contributed by atoms with Gasteiger partial charge in [-0.3, -0.25) is 4.90 Å². The number of unbranched alkanes of at least 4 members (excludes halogenated alkanes) is 65. The van der Waals surface area contributed by atoms with E-state index in [1.165, 1.54) is 417 Å².